The first-order valence-corrected chi connectivity index (χ1v) is 6.49. The summed E-state index contributed by atoms with van der Waals surface area (Å²) in [5, 5.41) is 12.9. The second kappa shape index (κ2) is 5.25. The number of halogens is 1. The van der Waals surface area contributed by atoms with Crippen LogP contribution in [0.5, 0.6) is 0 Å². The zero-order valence-corrected chi connectivity index (χ0v) is 11.1. The van der Waals surface area contributed by atoms with Crippen LogP contribution in [0, 0.1) is 10.1 Å². The minimum atomic E-state index is -0.358. The second-order valence-electron chi connectivity index (χ2n) is 3.32. The molecule has 0 bridgehead atoms. The van der Waals surface area contributed by atoms with E-state index >= 15 is 0 Å². The molecule has 0 aliphatic rings. The van der Waals surface area contributed by atoms with Crippen LogP contribution < -0.4 is 0 Å². The molecule has 0 amide bonds. The monoisotopic (exact) mass is 309 g/mol. The fourth-order valence-corrected chi connectivity index (χ4v) is 2.76. The van der Waals surface area contributed by atoms with Crippen LogP contribution in [-0.4, -0.2) is 4.92 Å². The first-order valence-electron chi connectivity index (χ1n) is 4.82. The summed E-state index contributed by atoms with van der Waals surface area (Å²) >= 11 is 4.79. The lowest BCUT2D eigenvalue weighted by atomic mass is 10.1. The van der Waals surface area contributed by atoms with Crippen molar-refractivity contribution in [2.45, 2.75) is 0 Å². The molecule has 0 fully saturated rings. The summed E-state index contributed by atoms with van der Waals surface area (Å²) in [5.74, 6) is 0. The van der Waals surface area contributed by atoms with E-state index in [0.717, 1.165) is 9.35 Å². The van der Waals surface area contributed by atoms with Crippen molar-refractivity contribution in [3.8, 4) is 0 Å². The van der Waals surface area contributed by atoms with Crippen LogP contribution in [0.4, 0.5) is 0 Å². The van der Waals surface area contributed by atoms with Crippen molar-refractivity contribution < 1.29 is 4.92 Å². The number of benzene rings is 1. The number of nitro groups is 1. The average molecular weight is 310 g/mol. The lowest BCUT2D eigenvalue weighted by Crippen LogP contribution is -1.96. The van der Waals surface area contributed by atoms with Gasteiger partial charge in [0, 0.05) is 20.8 Å². The molecule has 86 valence electrons. The highest BCUT2D eigenvalue weighted by Gasteiger charge is 2.13. The molecule has 0 aliphatic carbocycles. The van der Waals surface area contributed by atoms with Crippen molar-refractivity contribution in [2.75, 3.05) is 0 Å². The number of hydrogen-bond donors (Lipinski definition) is 0. The Morgan fingerprint density at radius 2 is 2.06 bits per heavy atom. The Morgan fingerprint density at radius 1 is 1.35 bits per heavy atom. The number of rotatable bonds is 3. The molecule has 5 heteroatoms. The maximum absolute atomic E-state index is 11.0. The number of hydrogen-bond acceptors (Lipinski definition) is 3. The Labute approximate surface area is 111 Å². The summed E-state index contributed by atoms with van der Waals surface area (Å²) in [5.41, 5.74) is 0.724. The Balaban J connectivity index is 2.43. The topological polar surface area (TPSA) is 43.1 Å². The molecule has 0 unspecified atom stereocenters. The summed E-state index contributed by atoms with van der Waals surface area (Å²) in [6.07, 6.45) is 1.59. The van der Waals surface area contributed by atoms with Gasteiger partial charge in [-0.2, -0.15) is 0 Å². The van der Waals surface area contributed by atoms with Gasteiger partial charge >= 0.3 is 0 Å². The Kier molecular flexibility index (Phi) is 3.71. The van der Waals surface area contributed by atoms with E-state index in [4.69, 9.17) is 0 Å². The van der Waals surface area contributed by atoms with Crippen molar-refractivity contribution in [1.29, 1.82) is 0 Å². The molecule has 1 heterocycles. The smallest absolute Gasteiger partial charge is 0.258 e. The molecule has 1 aromatic carbocycles. The van der Waals surface area contributed by atoms with Crippen LogP contribution in [0.25, 0.3) is 11.8 Å². The van der Waals surface area contributed by atoms with Crippen LogP contribution in [0.3, 0.4) is 0 Å². The highest BCUT2D eigenvalue weighted by molar-refractivity contribution is 9.10. The van der Waals surface area contributed by atoms with E-state index in [1.807, 2.05) is 17.5 Å². The van der Waals surface area contributed by atoms with Crippen LogP contribution in [0.1, 0.15) is 10.4 Å². The molecule has 0 spiro atoms. The molecule has 0 radical (unpaired) electrons. The lowest BCUT2D eigenvalue weighted by Gasteiger charge is -1.97. The van der Waals surface area contributed by atoms with Gasteiger partial charge in [0.1, 0.15) is 0 Å². The van der Waals surface area contributed by atoms with Crippen molar-refractivity contribution in [1.82, 2.24) is 0 Å². The molecule has 0 N–H and O–H groups in total. The van der Waals surface area contributed by atoms with Gasteiger partial charge in [-0.15, -0.1) is 11.3 Å². The molecule has 0 atom stereocenters. The van der Waals surface area contributed by atoms with Crippen molar-refractivity contribution in [2.24, 2.45) is 0 Å². The zero-order valence-electron chi connectivity index (χ0n) is 8.67. The van der Waals surface area contributed by atoms with Gasteiger partial charge < -0.3 is 0 Å². The highest BCUT2D eigenvalue weighted by Crippen LogP contribution is 2.25. The average Bonchev–Trinajstić information content (AvgIpc) is 2.73. The Hall–Kier alpha value is -1.46. The maximum Gasteiger partial charge on any atom is 0.277 e. The standard InChI is InChI=1S/C12H8BrNO2S/c13-10-6-11(17-8-10)7-12(14(15)16)9-4-2-1-3-5-9/h1-8H. The third kappa shape index (κ3) is 3.01. The Morgan fingerprint density at radius 3 is 2.59 bits per heavy atom. The minimum absolute atomic E-state index is 0.111. The molecular weight excluding hydrogens is 302 g/mol. The van der Waals surface area contributed by atoms with Crippen molar-refractivity contribution in [3.05, 3.63) is 66.8 Å². The van der Waals surface area contributed by atoms with Crippen LogP contribution in [0.2, 0.25) is 0 Å². The molecular formula is C12H8BrNO2S. The van der Waals surface area contributed by atoms with Gasteiger partial charge in [0.15, 0.2) is 0 Å². The van der Waals surface area contributed by atoms with Gasteiger partial charge in [0.05, 0.1) is 10.5 Å². The number of nitrogens with zero attached hydrogens (tertiary/aromatic N) is 1. The molecule has 3 nitrogen and oxygen atoms in total. The first-order chi connectivity index (χ1) is 8.16. The third-order valence-electron chi connectivity index (χ3n) is 2.13. The first kappa shape index (κ1) is 12.0. The summed E-state index contributed by atoms with van der Waals surface area (Å²) in [6.45, 7) is 0. The summed E-state index contributed by atoms with van der Waals surface area (Å²) < 4.78 is 0.935. The van der Waals surface area contributed by atoms with Gasteiger partial charge in [0.25, 0.3) is 5.70 Å². The SMILES string of the molecule is O=[N+]([O-])C(=Cc1cc(Br)cs1)c1ccccc1. The summed E-state index contributed by atoms with van der Waals surface area (Å²) in [6, 6.07) is 10.7. The van der Waals surface area contributed by atoms with Gasteiger partial charge in [0.2, 0.25) is 0 Å². The third-order valence-corrected chi connectivity index (χ3v) is 3.77. The number of thiophene rings is 1. The molecule has 1 aromatic heterocycles. The quantitative estimate of drug-likeness (QED) is 0.627. The molecule has 2 rings (SSSR count). The van der Waals surface area contributed by atoms with Crippen molar-refractivity contribution >= 4 is 39.0 Å². The molecule has 0 saturated heterocycles. The second-order valence-corrected chi connectivity index (χ2v) is 5.18. The molecule has 2 aromatic rings. The zero-order chi connectivity index (χ0) is 12.3. The summed E-state index contributed by atoms with van der Waals surface area (Å²) in [4.78, 5) is 11.5. The van der Waals surface area contributed by atoms with E-state index in [0.29, 0.717) is 5.56 Å². The predicted octanol–water partition coefficient (Wildman–Crippen LogP) is 4.29. The van der Waals surface area contributed by atoms with E-state index < -0.39 is 0 Å². The van der Waals surface area contributed by atoms with E-state index in [9.17, 15) is 10.1 Å². The van der Waals surface area contributed by atoms with Crippen LogP contribution in [-0.2, 0) is 0 Å². The van der Waals surface area contributed by atoms with E-state index in [-0.39, 0.29) is 10.6 Å². The molecule has 0 aliphatic heterocycles. The minimum Gasteiger partial charge on any atom is -0.258 e. The van der Waals surface area contributed by atoms with E-state index in [2.05, 4.69) is 15.9 Å². The van der Waals surface area contributed by atoms with Crippen LogP contribution in [0.15, 0.2) is 46.3 Å². The van der Waals surface area contributed by atoms with Crippen molar-refractivity contribution in [3.63, 3.8) is 0 Å². The van der Waals surface area contributed by atoms with E-state index in [1.165, 1.54) is 11.3 Å². The normalized spacial score (nSPS) is 11.5. The fourth-order valence-electron chi connectivity index (χ4n) is 1.39. The summed E-state index contributed by atoms with van der Waals surface area (Å²) in [7, 11) is 0. The van der Waals surface area contributed by atoms with Crippen LogP contribution >= 0.6 is 27.3 Å². The predicted molar refractivity (Wildman–Crippen MR) is 73.3 cm³/mol. The van der Waals surface area contributed by atoms with E-state index in [1.54, 1.807) is 30.3 Å². The fraction of sp³-hybridized carbons (Fsp3) is 0. The maximum atomic E-state index is 11.0. The van der Waals surface area contributed by atoms with Gasteiger partial charge in [-0.1, -0.05) is 18.2 Å². The lowest BCUT2D eigenvalue weighted by molar-refractivity contribution is -0.374. The van der Waals surface area contributed by atoms with Gasteiger partial charge in [-0.3, -0.25) is 10.1 Å². The highest BCUT2D eigenvalue weighted by atomic mass is 79.9. The largest absolute Gasteiger partial charge is 0.277 e. The Bertz CT molecular complexity index is 563. The molecule has 17 heavy (non-hydrogen) atoms. The van der Waals surface area contributed by atoms with Gasteiger partial charge in [-0.25, -0.2) is 0 Å². The molecule has 0 saturated carbocycles. The van der Waals surface area contributed by atoms with Gasteiger partial charge in [-0.05, 0) is 34.1 Å².